The van der Waals surface area contributed by atoms with Gasteiger partial charge in [-0.1, -0.05) is 91.3 Å². The Morgan fingerprint density at radius 1 is 0.886 bits per heavy atom. The second-order valence-electron chi connectivity index (χ2n) is 8.65. The fourth-order valence-electron chi connectivity index (χ4n) is 3.69. The standard InChI is InChI=1S/C29H33ClN2O2S/c1-3-22(2)31-29(34)27(18-23-10-6-4-7-11-23)32(19-24-12-8-5-9-13-24)28(33)21-35-20-25-14-16-26(30)17-15-25/h4-17,22,27H,3,18-21H2,1-2H3,(H,31,34)/t22-,27+/m1/s1. The summed E-state index contributed by atoms with van der Waals surface area (Å²) in [7, 11) is 0. The molecule has 3 aromatic rings. The predicted octanol–water partition coefficient (Wildman–Crippen LogP) is 6.13. The Morgan fingerprint density at radius 3 is 2.09 bits per heavy atom. The van der Waals surface area contributed by atoms with Crippen molar-refractivity contribution in [2.75, 3.05) is 5.75 Å². The fraction of sp³-hybridized carbons (Fsp3) is 0.310. The fourth-order valence-corrected chi connectivity index (χ4v) is 4.69. The minimum atomic E-state index is -0.602. The minimum Gasteiger partial charge on any atom is -0.352 e. The molecule has 0 fully saturated rings. The van der Waals surface area contributed by atoms with Gasteiger partial charge in [-0.15, -0.1) is 11.8 Å². The number of benzene rings is 3. The Bertz CT molecular complexity index is 1060. The maximum atomic E-state index is 13.6. The van der Waals surface area contributed by atoms with Gasteiger partial charge in [0.1, 0.15) is 6.04 Å². The molecule has 3 rings (SSSR count). The van der Waals surface area contributed by atoms with Gasteiger partial charge < -0.3 is 10.2 Å². The first-order valence-corrected chi connectivity index (χ1v) is 13.5. The highest BCUT2D eigenvalue weighted by Crippen LogP contribution is 2.19. The minimum absolute atomic E-state index is 0.0359. The molecule has 6 heteroatoms. The Morgan fingerprint density at radius 2 is 1.49 bits per heavy atom. The van der Waals surface area contributed by atoms with Crippen LogP contribution in [0.5, 0.6) is 0 Å². The number of carbonyl (C=O) groups is 2. The number of hydrogen-bond acceptors (Lipinski definition) is 3. The lowest BCUT2D eigenvalue weighted by atomic mass is 10.0. The quantitative estimate of drug-likeness (QED) is 0.320. The van der Waals surface area contributed by atoms with Crippen LogP contribution in [0.2, 0.25) is 5.02 Å². The smallest absolute Gasteiger partial charge is 0.243 e. The molecule has 0 aliphatic rings. The molecule has 0 aliphatic carbocycles. The van der Waals surface area contributed by atoms with Crippen molar-refractivity contribution in [2.45, 2.75) is 51.1 Å². The Kier molecular flexibility index (Phi) is 10.7. The van der Waals surface area contributed by atoms with Crippen LogP contribution in [0.25, 0.3) is 0 Å². The molecule has 0 heterocycles. The zero-order valence-corrected chi connectivity index (χ0v) is 21.9. The lowest BCUT2D eigenvalue weighted by Crippen LogP contribution is -2.52. The van der Waals surface area contributed by atoms with Crippen molar-refractivity contribution in [1.82, 2.24) is 10.2 Å². The third-order valence-electron chi connectivity index (χ3n) is 5.88. The molecule has 0 unspecified atom stereocenters. The summed E-state index contributed by atoms with van der Waals surface area (Å²) in [5.74, 6) is 0.824. The SMILES string of the molecule is CC[C@@H](C)NC(=O)[C@H](Cc1ccccc1)N(Cc1ccccc1)C(=O)CSCc1ccc(Cl)cc1. The van der Waals surface area contributed by atoms with Crippen molar-refractivity contribution in [3.05, 3.63) is 107 Å². The van der Waals surface area contributed by atoms with E-state index in [1.54, 1.807) is 16.7 Å². The number of hydrogen-bond donors (Lipinski definition) is 1. The van der Waals surface area contributed by atoms with E-state index in [0.29, 0.717) is 23.7 Å². The number of halogens is 1. The van der Waals surface area contributed by atoms with Crippen molar-refractivity contribution >= 4 is 35.2 Å². The highest BCUT2D eigenvalue weighted by Gasteiger charge is 2.30. The first kappa shape index (κ1) is 26.8. The second-order valence-corrected chi connectivity index (χ2v) is 10.1. The molecule has 0 saturated carbocycles. The molecule has 1 N–H and O–H groups in total. The summed E-state index contributed by atoms with van der Waals surface area (Å²) in [5, 5.41) is 3.80. The average molecular weight is 509 g/mol. The molecule has 2 amide bonds. The van der Waals surface area contributed by atoms with Gasteiger partial charge in [-0.3, -0.25) is 9.59 Å². The molecule has 3 aromatic carbocycles. The molecule has 35 heavy (non-hydrogen) atoms. The first-order valence-electron chi connectivity index (χ1n) is 12.0. The van der Waals surface area contributed by atoms with E-state index in [9.17, 15) is 9.59 Å². The van der Waals surface area contributed by atoms with Crippen LogP contribution in [0.15, 0.2) is 84.9 Å². The topological polar surface area (TPSA) is 49.4 Å². The maximum Gasteiger partial charge on any atom is 0.243 e. The van der Waals surface area contributed by atoms with Crippen LogP contribution in [0.3, 0.4) is 0 Å². The Balaban J connectivity index is 1.82. The summed E-state index contributed by atoms with van der Waals surface area (Å²) in [6, 6.07) is 26.8. The van der Waals surface area contributed by atoms with E-state index in [1.165, 1.54) is 0 Å². The second kappa shape index (κ2) is 14.0. The van der Waals surface area contributed by atoms with Crippen LogP contribution in [-0.4, -0.2) is 34.6 Å². The van der Waals surface area contributed by atoms with Gasteiger partial charge in [-0.25, -0.2) is 0 Å². The number of thioether (sulfide) groups is 1. The van der Waals surface area contributed by atoms with Gasteiger partial charge in [0.25, 0.3) is 0 Å². The number of rotatable bonds is 12. The van der Waals surface area contributed by atoms with Gasteiger partial charge in [0.05, 0.1) is 5.75 Å². The first-order chi connectivity index (χ1) is 17.0. The average Bonchev–Trinajstić information content (AvgIpc) is 2.88. The van der Waals surface area contributed by atoms with Crippen LogP contribution in [-0.2, 0) is 28.3 Å². The monoisotopic (exact) mass is 508 g/mol. The number of amides is 2. The maximum absolute atomic E-state index is 13.6. The van der Waals surface area contributed by atoms with Crippen LogP contribution in [0.4, 0.5) is 0 Å². The highest BCUT2D eigenvalue weighted by molar-refractivity contribution is 7.99. The van der Waals surface area contributed by atoms with Gasteiger partial charge >= 0.3 is 0 Å². The zero-order chi connectivity index (χ0) is 25.0. The van der Waals surface area contributed by atoms with Crippen LogP contribution in [0, 0.1) is 0 Å². The summed E-state index contributed by atoms with van der Waals surface area (Å²) >= 11 is 7.53. The highest BCUT2D eigenvalue weighted by atomic mass is 35.5. The van der Waals surface area contributed by atoms with E-state index in [-0.39, 0.29) is 23.6 Å². The van der Waals surface area contributed by atoms with Gasteiger partial charge in [0, 0.05) is 29.8 Å². The number of nitrogens with one attached hydrogen (secondary N) is 1. The number of carbonyl (C=O) groups excluding carboxylic acids is 2. The van der Waals surface area contributed by atoms with E-state index in [1.807, 2.05) is 98.8 Å². The molecule has 0 aliphatic heterocycles. The van der Waals surface area contributed by atoms with Crippen LogP contribution < -0.4 is 5.32 Å². The van der Waals surface area contributed by atoms with Gasteiger partial charge in [0.15, 0.2) is 0 Å². The van der Waals surface area contributed by atoms with Crippen molar-refractivity contribution in [3.8, 4) is 0 Å². The molecule has 0 saturated heterocycles. The summed E-state index contributed by atoms with van der Waals surface area (Å²) in [6.45, 7) is 4.41. The van der Waals surface area contributed by atoms with Crippen molar-refractivity contribution in [1.29, 1.82) is 0 Å². The lowest BCUT2D eigenvalue weighted by molar-refractivity contribution is -0.139. The summed E-state index contributed by atoms with van der Waals surface area (Å²) in [4.78, 5) is 28.8. The Labute approximate surface area is 218 Å². The third-order valence-corrected chi connectivity index (χ3v) is 7.12. The molecular formula is C29H33ClN2O2S. The molecule has 184 valence electrons. The molecule has 0 spiro atoms. The molecule has 0 radical (unpaired) electrons. The van der Waals surface area contributed by atoms with Gasteiger partial charge in [0.2, 0.25) is 11.8 Å². The zero-order valence-electron chi connectivity index (χ0n) is 20.3. The van der Waals surface area contributed by atoms with E-state index >= 15 is 0 Å². The van der Waals surface area contributed by atoms with Gasteiger partial charge in [-0.2, -0.15) is 0 Å². The predicted molar refractivity (Wildman–Crippen MR) is 146 cm³/mol. The lowest BCUT2D eigenvalue weighted by Gasteiger charge is -2.32. The molecular weight excluding hydrogens is 476 g/mol. The summed E-state index contributed by atoms with van der Waals surface area (Å²) in [5.41, 5.74) is 3.13. The van der Waals surface area contributed by atoms with E-state index in [4.69, 9.17) is 11.6 Å². The largest absolute Gasteiger partial charge is 0.352 e. The third kappa shape index (κ3) is 8.75. The van der Waals surface area contributed by atoms with Crippen molar-refractivity contribution in [2.24, 2.45) is 0 Å². The molecule has 0 bridgehead atoms. The van der Waals surface area contributed by atoms with E-state index < -0.39 is 6.04 Å². The summed E-state index contributed by atoms with van der Waals surface area (Å²) < 4.78 is 0. The van der Waals surface area contributed by atoms with E-state index in [2.05, 4.69) is 5.32 Å². The van der Waals surface area contributed by atoms with Gasteiger partial charge in [-0.05, 0) is 42.2 Å². The normalized spacial score (nSPS) is 12.5. The molecule has 4 nitrogen and oxygen atoms in total. The summed E-state index contributed by atoms with van der Waals surface area (Å²) in [6.07, 6.45) is 1.29. The molecule has 2 atom stereocenters. The van der Waals surface area contributed by atoms with Crippen molar-refractivity contribution < 1.29 is 9.59 Å². The Hall–Kier alpha value is -2.76. The van der Waals surface area contributed by atoms with Crippen LogP contribution in [0.1, 0.15) is 37.0 Å². The number of nitrogens with zero attached hydrogens (tertiary/aromatic N) is 1. The van der Waals surface area contributed by atoms with E-state index in [0.717, 1.165) is 23.1 Å². The van der Waals surface area contributed by atoms with Crippen LogP contribution >= 0.6 is 23.4 Å². The van der Waals surface area contributed by atoms with Crippen molar-refractivity contribution in [3.63, 3.8) is 0 Å². The molecule has 0 aromatic heterocycles.